The van der Waals surface area contributed by atoms with Gasteiger partial charge in [-0.1, -0.05) is 58.2 Å². The zero-order valence-corrected chi connectivity index (χ0v) is 13.3. The predicted molar refractivity (Wildman–Crippen MR) is 82.7 cm³/mol. The molecular weight excluding hydrogens is 272 g/mol. The highest BCUT2D eigenvalue weighted by molar-refractivity contribution is 5.33. The van der Waals surface area contributed by atoms with E-state index in [9.17, 15) is 8.78 Å². The summed E-state index contributed by atoms with van der Waals surface area (Å²) in [6.07, 6.45) is 4.88. The van der Waals surface area contributed by atoms with Gasteiger partial charge in [0.15, 0.2) is 0 Å². The molecule has 0 spiro atoms. The van der Waals surface area contributed by atoms with Gasteiger partial charge in [0.25, 0.3) is 0 Å². The summed E-state index contributed by atoms with van der Waals surface area (Å²) in [4.78, 5) is 0. The Bertz CT molecular complexity index is 408. The molecule has 0 radical (unpaired) electrons. The molecule has 0 fully saturated rings. The van der Waals surface area contributed by atoms with Gasteiger partial charge in [-0.3, -0.25) is 0 Å². The van der Waals surface area contributed by atoms with Crippen LogP contribution in [0.4, 0.5) is 8.78 Å². The number of benzene rings is 1. The van der Waals surface area contributed by atoms with Crippen LogP contribution in [-0.4, -0.2) is 13.2 Å². The first-order chi connectivity index (χ1) is 9.94. The molecule has 0 bridgehead atoms. The molecule has 0 saturated heterocycles. The molecule has 0 aliphatic carbocycles. The third kappa shape index (κ3) is 7.42. The van der Waals surface area contributed by atoms with Crippen molar-refractivity contribution in [3.63, 3.8) is 0 Å². The first-order valence-electron chi connectivity index (χ1n) is 7.68. The van der Waals surface area contributed by atoms with Gasteiger partial charge in [0.2, 0.25) is 0 Å². The topological polar surface area (TPSA) is 21.3 Å². The second-order valence-corrected chi connectivity index (χ2v) is 6.21. The van der Waals surface area contributed by atoms with Crippen LogP contribution < -0.4 is 10.1 Å². The molecule has 0 atom stereocenters. The minimum absolute atomic E-state index is 0.216. The molecule has 0 aliphatic heterocycles. The lowest BCUT2D eigenvalue weighted by Crippen LogP contribution is -2.29. The van der Waals surface area contributed by atoms with Gasteiger partial charge in [0, 0.05) is 18.7 Å². The van der Waals surface area contributed by atoms with Crippen LogP contribution in [0, 0.1) is 5.41 Å². The summed E-state index contributed by atoms with van der Waals surface area (Å²) in [5.74, 6) is 0.254. The second-order valence-electron chi connectivity index (χ2n) is 6.21. The zero-order chi connectivity index (χ0) is 15.7. The highest BCUT2D eigenvalue weighted by atomic mass is 19.3. The van der Waals surface area contributed by atoms with Crippen molar-refractivity contribution in [2.45, 2.75) is 59.6 Å². The Kier molecular flexibility index (Phi) is 7.65. The van der Waals surface area contributed by atoms with Crippen molar-refractivity contribution in [2.75, 3.05) is 6.54 Å². The molecule has 0 aromatic heterocycles. The van der Waals surface area contributed by atoms with Crippen molar-refractivity contribution < 1.29 is 13.5 Å². The Morgan fingerprint density at radius 2 is 1.90 bits per heavy atom. The molecule has 0 amide bonds. The molecule has 0 aliphatic rings. The summed E-state index contributed by atoms with van der Waals surface area (Å²) in [7, 11) is 0. The molecule has 1 aromatic carbocycles. The van der Waals surface area contributed by atoms with E-state index in [2.05, 4.69) is 30.8 Å². The number of rotatable bonds is 10. The lowest BCUT2D eigenvalue weighted by Gasteiger charge is -2.25. The van der Waals surface area contributed by atoms with Crippen molar-refractivity contribution in [1.29, 1.82) is 0 Å². The van der Waals surface area contributed by atoms with Crippen LogP contribution in [0.25, 0.3) is 0 Å². The van der Waals surface area contributed by atoms with Crippen LogP contribution in [-0.2, 0) is 6.54 Å². The Morgan fingerprint density at radius 3 is 2.57 bits per heavy atom. The maximum absolute atomic E-state index is 12.3. The van der Waals surface area contributed by atoms with Crippen LogP contribution >= 0.6 is 0 Å². The van der Waals surface area contributed by atoms with E-state index >= 15 is 0 Å². The molecular formula is C17H27F2NO. The smallest absolute Gasteiger partial charge is 0.387 e. The molecule has 0 unspecified atom stereocenters. The quantitative estimate of drug-likeness (QED) is 0.615. The van der Waals surface area contributed by atoms with Crippen molar-refractivity contribution in [3.05, 3.63) is 29.8 Å². The highest BCUT2D eigenvalue weighted by Gasteiger charge is 2.17. The molecule has 4 heteroatoms. The summed E-state index contributed by atoms with van der Waals surface area (Å²) in [5, 5.41) is 3.36. The van der Waals surface area contributed by atoms with Gasteiger partial charge in [0.1, 0.15) is 5.75 Å². The Morgan fingerprint density at radius 1 is 1.19 bits per heavy atom. The van der Waals surface area contributed by atoms with E-state index in [0.717, 1.165) is 12.1 Å². The number of para-hydroxylation sites is 1. The number of alkyl halides is 2. The van der Waals surface area contributed by atoms with E-state index in [1.807, 2.05) is 12.1 Å². The summed E-state index contributed by atoms with van der Waals surface area (Å²) < 4.78 is 29.2. The fraction of sp³-hybridized carbons (Fsp3) is 0.647. The largest absolute Gasteiger partial charge is 0.434 e. The summed E-state index contributed by atoms with van der Waals surface area (Å²) in [5.41, 5.74) is 0.982. The number of ether oxygens (including phenoxy) is 1. The molecule has 0 saturated carbocycles. The third-order valence-corrected chi connectivity index (χ3v) is 3.56. The molecule has 21 heavy (non-hydrogen) atoms. The lowest BCUT2D eigenvalue weighted by atomic mass is 9.87. The van der Waals surface area contributed by atoms with E-state index in [1.54, 1.807) is 12.1 Å². The number of hydrogen-bond donors (Lipinski definition) is 1. The average Bonchev–Trinajstić information content (AvgIpc) is 2.40. The minimum atomic E-state index is -2.78. The van der Waals surface area contributed by atoms with Gasteiger partial charge in [-0.15, -0.1) is 0 Å². The maximum Gasteiger partial charge on any atom is 0.387 e. The van der Waals surface area contributed by atoms with E-state index in [4.69, 9.17) is 0 Å². The SMILES string of the molecule is CCCCCC(C)(C)CNCc1ccccc1OC(F)F. The van der Waals surface area contributed by atoms with Gasteiger partial charge in [-0.05, 0) is 17.9 Å². The standard InChI is InChI=1S/C17H27F2NO/c1-4-5-8-11-17(2,3)13-20-12-14-9-6-7-10-15(14)21-16(18)19/h6-7,9-10,16,20H,4-5,8,11-13H2,1-3H3. The summed E-state index contributed by atoms with van der Waals surface area (Å²) in [6, 6.07) is 6.93. The Balaban J connectivity index is 2.44. The third-order valence-electron chi connectivity index (χ3n) is 3.56. The molecule has 120 valence electrons. The van der Waals surface area contributed by atoms with Gasteiger partial charge in [-0.2, -0.15) is 8.78 Å². The minimum Gasteiger partial charge on any atom is -0.434 e. The normalized spacial score (nSPS) is 11.9. The van der Waals surface area contributed by atoms with Crippen LogP contribution in [0.1, 0.15) is 52.0 Å². The summed E-state index contributed by atoms with van der Waals surface area (Å²) >= 11 is 0. The predicted octanol–water partition coefficient (Wildman–Crippen LogP) is 4.98. The van der Waals surface area contributed by atoms with Crippen LogP contribution in [0.2, 0.25) is 0 Å². The van der Waals surface area contributed by atoms with E-state index < -0.39 is 6.61 Å². The van der Waals surface area contributed by atoms with E-state index in [-0.39, 0.29) is 11.2 Å². The van der Waals surface area contributed by atoms with Crippen LogP contribution in [0.15, 0.2) is 24.3 Å². The highest BCUT2D eigenvalue weighted by Crippen LogP contribution is 2.24. The maximum atomic E-state index is 12.3. The second kappa shape index (κ2) is 8.98. The van der Waals surface area contributed by atoms with Gasteiger partial charge >= 0.3 is 6.61 Å². The molecule has 0 heterocycles. The van der Waals surface area contributed by atoms with Crippen molar-refractivity contribution in [2.24, 2.45) is 5.41 Å². The van der Waals surface area contributed by atoms with Crippen LogP contribution in [0.5, 0.6) is 5.75 Å². The lowest BCUT2D eigenvalue weighted by molar-refractivity contribution is -0.0505. The zero-order valence-electron chi connectivity index (χ0n) is 13.3. The fourth-order valence-electron chi connectivity index (χ4n) is 2.34. The molecule has 2 nitrogen and oxygen atoms in total. The van der Waals surface area contributed by atoms with Crippen LogP contribution in [0.3, 0.4) is 0 Å². The van der Waals surface area contributed by atoms with Crippen molar-refractivity contribution in [1.82, 2.24) is 5.32 Å². The number of hydrogen-bond acceptors (Lipinski definition) is 2. The fourth-order valence-corrected chi connectivity index (χ4v) is 2.34. The van der Waals surface area contributed by atoms with E-state index in [0.29, 0.717) is 6.54 Å². The van der Waals surface area contributed by atoms with Gasteiger partial charge < -0.3 is 10.1 Å². The molecule has 1 N–H and O–H groups in total. The van der Waals surface area contributed by atoms with Gasteiger partial charge in [-0.25, -0.2) is 0 Å². The average molecular weight is 299 g/mol. The van der Waals surface area contributed by atoms with Crippen molar-refractivity contribution >= 4 is 0 Å². The van der Waals surface area contributed by atoms with Gasteiger partial charge in [0.05, 0.1) is 0 Å². The molecule has 1 rings (SSSR count). The first kappa shape index (κ1) is 17.9. The molecule has 1 aromatic rings. The number of halogens is 2. The monoisotopic (exact) mass is 299 g/mol. The number of unbranched alkanes of at least 4 members (excludes halogenated alkanes) is 2. The number of nitrogens with one attached hydrogen (secondary N) is 1. The Labute approximate surface area is 126 Å². The van der Waals surface area contributed by atoms with E-state index in [1.165, 1.54) is 25.7 Å². The van der Waals surface area contributed by atoms with Crippen molar-refractivity contribution in [3.8, 4) is 5.75 Å². The first-order valence-corrected chi connectivity index (χ1v) is 7.68. The Hall–Kier alpha value is -1.16. The summed E-state index contributed by atoms with van der Waals surface area (Å²) in [6.45, 7) is 5.29.